The lowest BCUT2D eigenvalue weighted by Crippen LogP contribution is -2.20. The van der Waals surface area contributed by atoms with Crippen molar-refractivity contribution in [2.75, 3.05) is 18.5 Å². The van der Waals surface area contributed by atoms with E-state index in [1.165, 1.54) is 4.80 Å². The molecular weight excluding hydrogens is 356 g/mol. The van der Waals surface area contributed by atoms with Crippen LogP contribution in [0.3, 0.4) is 0 Å². The van der Waals surface area contributed by atoms with Crippen LogP contribution < -0.4 is 16.5 Å². The molecule has 1 fully saturated rings. The van der Waals surface area contributed by atoms with Gasteiger partial charge < -0.3 is 15.9 Å². The van der Waals surface area contributed by atoms with Gasteiger partial charge in [0, 0.05) is 18.9 Å². The average Bonchev–Trinajstić information content (AvgIpc) is 3.25. The molecule has 0 aliphatic carbocycles. The molecule has 2 aromatic heterocycles. The summed E-state index contributed by atoms with van der Waals surface area (Å²) < 4.78 is 7.37. The molecular formula is C19H22N8O. The van der Waals surface area contributed by atoms with Gasteiger partial charge in [-0.2, -0.15) is 15.3 Å². The molecule has 1 saturated heterocycles. The Kier molecular flexibility index (Phi) is 5.16. The highest BCUT2D eigenvalue weighted by molar-refractivity contribution is 5.59. The van der Waals surface area contributed by atoms with E-state index in [2.05, 4.69) is 32.3 Å². The van der Waals surface area contributed by atoms with E-state index in [1.807, 2.05) is 35.1 Å². The quantitative estimate of drug-likeness (QED) is 0.519. The first kappa shape index (κ1) is 17.9. The summed E-state index contributed by atoms with van der Waals surface area (Å²) in [7, 11) is 0. The highest BCUT2D eigenvalue weighted by Gasteiger charge is 2.17. The molecule has 0 radical (unpaired) electrons. The van der Waals surface area contributed by atoms with Crippen molar-refractivity contribution < 1.29 is 4.74 Å². The van der Waals surface area contributed by atoms with Crippen LogP contribution in [0.25, 0.3) is 11.8 Å². The Morgan fingerprint density at radius 3 is 2.68 bits per heavy atom. The summed E-state index contributed by atoms with van der Waals surface area (Å²) >= 11 is 0. The van der Waals surface area contributed by atoms with Crippen molar-refractivity contribution in [2.24, 2.45) is 10.9 Å². The van der Waals surface area contributed by atoms with Gasteiger partial charge in [-0.15, -0.1) is 9.90 Å². The summed E-state index contributed by atoms with van der Waals surface area (Å²) in [6.07, 6.45) is 8.95. The van der Waals surface area contributed by atoms with E-state index in [1.54, 1.807) is 18.5 Å². The van der Waals surface area contributed by atoms with Crippen molar-refractivity contribution in [1.29, 1.82) is 0 Å². The number of anilines is 2. The SMILES string of the molecule is C=Cc1ccc(Nc2nn(-c3cnn(C4CCOCC4)c3)ncc2=NN)cc1. The lowest BCUT2D eigenvalue weighted by Gasteiger charge is -2.22. The predicted octanol–water partition coefficient (Wildman–Crippen LogP) is 1.98. The molecule has 144 valence electrons. The van der Waals surface area contributed by atoms with Crippen molar-refractivity contribution in [3.63, 3.8) is 0 Å². The Morgan fingerprint density at radius 2 is 1.96 bits per heavy atom. The minimum absolute atomic E-state index is 0.336. The van der Waals surface area contributed by atoms with Crippen LogP contribution in [0.4, 0.5) is 11.5 Å². The van der Waals surface area contributed by atoms with Crippen molar-refractivity contribution in [2.45, 2.75) is 18.9 Å². The van der Waals surface area contributed by atoms with Crippen LogP contribution in [-0.4, -0.2) is 38.0 Å². The summed E-state index contributed by atoms with van der Waals surface area (Å²) in [4.78, 5) is 1.51. The van der Waals surface area contributed by atoms with Crippen LogP contribution in [0.5, 0.6) is 0 Å². The maximum atomic E-state index is 5.49. The second-order valence-electron chi connectivity index (χ2n) is 6.47. The van der Waals surface area contributed by atoms with E-state index in [-0.39, 0.29) is 0 Å². The topological polar surface area (TPSA) is 108 Å². The Hall–Kier alpha value is -3.46. The molecule has 0 atom stereocenters. The van der Waals surface area contributed by atoms with Crippen LogP contribution in [0.1, 0.15) is 24.4 Å². The molecule has 28 heavy (non-hydrogen) atoms. The van der Waals surface area contributed by atoms with Gasteiger partial charge in [0.05, 0.1) is 24.6 Å². The molecule has 0 unspecified atom stereocenters. The van der Waals surface area contributed by atoms with Gasteiger partial charge in [0.2, 0.25) is 0 Å². The number of nitrogens with one attached hydrogen (secondary N) is 1. The summed E-state index contributed by atoms with van der Waals surface area (Å²) in [5, 5.41) is 20.8. The lowest BCUT2D eigenvalue weighted by atomic mass is 10.1. The van der Waals surface area contributed by atoms with Crippen molar-refractivity contribution in [1.82, 2.24) is 24.8 Å². The van der Waals surface area contributed by atoms with Crippen molar-refractivity contribution >= 4 is 17.6 Å². The Balaban J connectivity index is 1.61. The molecule has 0 spiro atoms. The monoisotopic (exact) mass is 378 g/mol. The largest absolute Gasteiger partial charge is 0.381 e. The first-order valence-corrected chi connectivity index (χ1v) is 9.09. The molecule has 9 nitrogen and oxygen atoms in total. The molecule has 3 N–H and O–H groups in total. The second-order valence-corrected chi connectivity index (χ2v) is 6.47. The molecule has 9 heteroatoms. The maximum absolute atomic E-state index is 5.49. The van der Waals surface area contributed by atoms with Gasteiger partial charge in [0.25, 0.3) is 0 Å². The van der Waals surface area contributed by atoms with Gasteiger partial charge in [-0.3, -0.25) is 4.68 Å². The van der Waals surface area contributed by atoms with Gasteiger partial charge in [-0.25, -0.2) is 0 Å². The third-order valence-corrected chi connectivity index (χ3v) is 4.66. The van der Waals surface area contributed by atoms with Crippen LogP contribution >= 0.6 is 0 Å². The number of nitrogens with zero attached hydrogens (tertiary/aromatic N) is 6. The maximum Gasteiger partial charge on any atom is 0.182 e. The molecule has 1 aliphatic heterocycles. The lowest BCUT2D eigenvalue weighted by molar-refractivity contribution is 0.0662. The Labute approximate surface area is 162 Å². The Morgan fingerprint density at radius 1 is 1.18 bits per heavy atom. The first-order chi connectivity index (χ1) is 13.8. The number of nitrogens with two attached hydrogens (primary N) is 1. The van der Waals surface area contributed by atoms with Gasteiger partial charge in [0.15, 0.2) is 5.82 Å². The smallest absolute Gasteiger partial charge is 0.182 e. The number of rotatable bonds is 5. The van der Waals surface area contributed by atoms with Crippen LogP contribution in [0.2, 0.25) is 0 Å². The first-order valence-electron chi connectivity index (χ1n) is 9.09. The van der Waals surface area contributed by atoms with Crippen LogP contribution in [0.15, 0.2) is 54.5 Å². The molecule has 1 aliphatic rings. The van der Waals surface area contributed by atoms with Crippen molar-refractivity contribution in [3.05, 3.63) is 60.4 Å². The van der Waals surface area contributed by atoms with Gasteiger partial charge in [-0.1, -0.05) is 24.8 Å². The van der Waals surface area contributed by atoms with Crippen LogP contribution in [0, 0.1) is 0 Å². The molecule has 3 heterocycles. The van der Waals surface area contributed by atoms with Gasteiger partial charge in [-0.05, 0) is 30.5 Å². The van der Waals surface area contributed by atoms with E-state index in [0.717, 1.165) is 43.0 Å². The summed E-state index contributed by atoms with van der Waals surface area (Å²) in [6, 6.07) is 8.13. The fourth-order valence-electron chi connectivity index (χ4n) is 3.07. The van der Waals surface area contributed by atoms with E-state index in [4.69, 9.17) is 10.6 Å². The standard InChI is InChI=1S/C19H22N8O/c1-2-14-3-5-15(6-4-14)23-19-18(24-20)12-22-27(25-19)17-11-21-26(13-17)16-7-9-28-10-8-16/h2-6,11-13,16H,1,7-10,20H2,(H,23,25). The highest BCUT2D eigenvalue weighted by atomic mass is 16.5. The summed E-state index contributed by atoms with van der Waals surface area (Å²) in [6.45, 7) is 5.28. The van der Waals surface area contributed by atoms with Gasteiger partial charge >= 0.3 is 0 Å². The molecule has 0 bridgehead atoms. The molecule has 4 rings (SSSR count). The van der Waals surface area contributed by atoms with E-state index in [0.29, 0.717) is 17.2 Å². The molecule has 1 aromatic carbocycles. The highest BCUT2D eigenvalue weighted by Crippen LogP contribution is 2.21. The Bertz CT molecular complexity index is 1010. The van der Waals surface area contributed by atoms with Crippen LogP contribution in [-0.2, 0) is 4.74 Å². The third-order valence-electron chi connectivity index (χ3n) is 4.66. The molecule has 3 aromatic rings. The fourth-order valence-corrected chi connectivity index (χ4v) is 3.07. The summed E-state index contributed by atoms with van der Waals surface area (Å²) in [5.41, 5.74) is 2.66. The van der Waals surface area contributed by atoms with Gasteiger partial charge in [0.1, 0.15) is 11.0 Å². The number of hydrogen-bond donors (Lipinski definition) is 2. The van der Waals surface area contributed by atoms with E-state index < -0.39 is 0 Å². The van der Waals surface area contributed by atoms with Crippen molar-refractivity contribution in [3.8, 4) is 5.69 Å². The second kappa shape index (κ2) is 8.05. The summed E-state index contributed by atoms with van der Waals surface area (Å²) in [5.74, 6) is 6.00. The average molecular weight is 378 g/mol. The number of aromatic nitrogens is 5. The zero-order valence-corrected chi connectivity index (χ0v) is 15.4. The molecule has 0 amide bonds. The van der Waals surface area contributed by atoms with E-state index >= 15 is 0 Å². The third kappa shape index (κ3) is 3.79. The normalized spacial score (nSPS) is 15.5. The minimum Gasteiger partial charge on any atom is -0.381 e. The zero-order chi connectivity index (χ0) is 19.3. The zero-order valence-electron chi connectivity index (χ0n) is 15.4. The number of benzene rings is 1. The fraction of sp³-hybridized carbons (Fsp3) is 0.263. The van der Waals surface area contributed by atoms with E-state index in [9.17, 15) is 0 Å². The predicted molar refractivity (Wildman–Crippen MR) is 106 cm³/mol. The molecule has 0 saturated carbocycles. The number of ether oxygens (including phenoxy) is 1. The minimum atomic E-state index is 0.336. The number of hydrogen-bond acceptors (Lipinski definition) is 7.